The first-order valence-corrected chi connectivity index (χ1v) is 5.70. The molecule has 2 aromatic rings. The Labute approximate surface area is 101 Å². The zero-order chi connectivity index (χ0) is 12.3. The molecule has 0 unspecified atom stereocenters. The number of likely N-dealkylation sites (N-methyl/N-ethyl adjacent to an activating group) is 1. The van der Waals surface area contributed by atoms with Gasteiger partial charge in [0.25, 0.3) is 0 Å². The summed E-state index contributed by atoms with van der Waals surface area (Å²) in [6.45, 7) is 1.85. The molecule has 4 nitrogen and oxygen atoms in total. The molecule has 92 valence electrons. The van der Waals surface area contributed by atoms with Crippen LogP contribution in [-0.2, 0) is 6.54 Å². The summed E-state index contributed by atoms with van der Waals surface area (Å²) in [7, 11) is 4.03. The molecule has 0 bridgehead atoms. The Hall–Kier alpha value is -1.52. The highest BCUT2D eigenvalue weighted by Crippen LogP contribution is 2.32. The van der Waals surface area contributed by atoms with Gasteiger partial charge >= 0.3 is 0 Å². The number of nitrogens with zero attached hydrogens (tertiary/aromatic N) is 1. The van der Waals surface area contributed by atoms with E-state index in [1.165, 1.54) is 0 Å². The van der Waals surface area contributed by atoms with E-state index in [9.17, 15) is 0 Å². The van der Waals surface area contributed by atoms with E-state index in [0.29, 0.717) is 18.9 Å². The van der Waals surface area contributed by atoms with Gasteiger partial charge in [-0.1, -0.05) is 12.1 Å². The molecule has 0 saturated carbocycles. The molecule has 0 spiro atoms. The van der Waals surface area contributed by atoms with Gasteiger partial charge in [-0.15, -0.1) is 0 Å². The lowest BCUT2D eigenvalue weighted by molar-refractivity contribution is 0.258. The number of furan rings is 1. The van der Waals surface area contributed by atoms with Crippen LogP contribution in [0.3, 0.4) is 0 Å². The fourth-order valence-corrected chi connectivity index (χ4v) is 1.70. The fraction of sp³-hybridized carbons (Fsp3) is 0.385. The average molecular weight is 234 g/mol. The van der Waals surface area contributed by atoms with Gasteiger partial charge in [-0.2, -0.15) is 0 Å². The van der Waals surface area contributed by atoms with E-state index < -0.39 is 0 Å². The Morgan fingerprint density at radius 2 is 2.06 bits per heavy atom. The van der Waals surface area contributed by atoms with Crippen molar-refractivity contribution >= 4 is 11.0 Å². The first-order valence-electron chi connectivity index (χ1n) is 5.70. The molecule has 2 rings (SSSR count). The zero-order valence-corrected chi connectivity index (χ0v) is 10.3. The lowest BCUT2D eigenvalue weighted by Crippen LogP contribution is -2.19. The van der Waals surface area contributed by atoms with E-state index in [4.69, 9.17) is 14.9 Å². The van der Waals surface area contributed by atoms with Crippen LogP contribution in [-0.4, -0.2) is 32.1 Å². The van der Waals surface area contributed by atoms with E-state index in [-0.39, 0.29) is 0 Å². The highest BCUT2D eigenvalue weighted by atomic mass is 16.5. The Morgan fingerprint density at radius 3 is 2.76 bits per heavy atom. The van der Waals surface area contributed by atoms with E-state index in [1.807, 2.05) is 38.4 Å². The third kappa shape index (κ3) is 2.60. The van der Waals surface area contributed by atoms with Gasteiger partial charge in [0.15, 0.2) is 11.5 Å². The van der Waals surface area contributed by atoms with E-state index in [0.717, 1.165) is 23.3 Å². The van der Waals surface area contributed by atoms with Crippen molar-refractivity contribution in [2.45, 2.75) is 6.54 Å². The minimum Gasteiger partial charge on any atom is -0.488 e. The van der Waals surface area contributed by atoms with Crippen molar-refractivity contribution in [2.24, 2.45) is 5.73 Å². The van der Waals surface area contributed by atoms with Gasteiger partial charge in [-0.25, -0.2) is 0 Å². The van der Waals surface area contributed by atoms with E-state index >= 15 is 0 Å². The number of para-hydroxylation sites is 1. The SMILES string of the molecule is CN(C)CCOc1c(CN)oc2ccccc12. The van der Waals surface area contributed by atoms with Crippen molar-refractivity contribution in [3.63, 3.8) is 0 Å². The quantitative estimate of drug-likeness (QED) is 0.857. The predicted octanol–water partition coefficient (Wildman–Crippen LogP) is 1.83. The summed E-state index contributed by atoms with van der Waals surface area (Å²) >= 11 is 0. The maximum absolute atomic E-state index is 5.78. The number of hydrogen-bond donors (Lipinski definition) is 1. The van der Waals surface area contributed by atoms with Crippen LogP contribution < -0.4 is 10.5 Å². The van der Waals surface area contributed by atoms with Gasteiger partial charge in [-0.3, -0.25) is 0 Å². The molecule has 1 heterocycles. The molecule has 0 amide bonds. The van der Waals surface area contributed by atoms with Gasteiger partial charge in [0.1, 0.15) is 12.2 Å². The van der Waals surface area contributed by atoms with Crippen molar-refractivity contribution in [3.05, 3.63) is 30.0 Å². The molecule has 4 heteroatoms. The molecular formula is C13H18N2O2. The minimum atomic E-state index is 0.353. The number of ether oxygens (including phenoxy) is 1. The average Bonchev–Trinajstić information content (AvgIpc) is 2.67. The van der Waals surface area contributed by atoms with Crippen LogP contribution >= 0.6 is 0 Å². The maximum atomic E-state index is 5.78. The summed E-state index contributed by atoms with van der Waals surface area (Å²) in [5.74, 6) is 1.50. The minimum absolute atomic E-state index is 0.353. The second-order valence-electron chi connectivity index (χ2n) is 4.21. The second kappa shape index (κ2) is 5.21. The van der Waals surface area contributed by atoms with Crippen LogP contribution in [0.25, 0.3) is 11.0 Å². The normalized spacial score (nSPS) is 11.3. The lowest BCUT2D eigenvalue weighted by Gasteiger charge is -2.10. The monoisotopic (exact) mass is 234 g/mol. The lowest BCUT2D eigenvalue weighted by atomic mass is 10.2. The molecule has 0 aliphatic heterocycles. The Morgan fingerprint density at radius 1 is 1.29 bits per heavy atom. The summed E-state index contributed by atoms with van der Waals surface area (Å²) < 4.78 is 11.4. The van der Waals surface area contributed by atoms with Crippen LogP contribution in [0.4, 0.5) is 0 Å². The number of nitrogens with two attached hydrogens (primary N) is 1. The molecule has 0 aliphatic rings. The topological polar surface area (TPSA) is 51.6 Å². The number of fused-ring (bicyclic) bond motifs is 1. The summed E-state index contributed by atoms with van der Waals surface area (Å²) in [6.07, 6.45) is 0. The van der Waals surface area contributed by atoms with Gasteiger partial charge in [0, 0.05) is 6.54 Å². The van der Waals surface area contributed by atoms with Crippen LogP contribution in [0.15, 0.2) is 28.7 Å². The largest absolute Gasteiger partial charge is 0.488 e. The number of benzene rings is 1. The Kier molecular flexibility index (Phi) is 3.66. The van der Waals surface area contributed by atoms with E-state index in [1.54, 1.807) is 0 Å². The Balaban J connectivity index is 2.24. The van der Waals surface area contributed by atoms with Crippen molar-refractivity contribution in [1.82, 2.24) is 4.90 Å². The molecule has 2 N–H and O–H groups in total. The maximum Gasteiger partial charge on any atom is 0.169 e. The van der Waals surface area contributed by atoms with Crippen LogP contribution in [0.1, 0.15) is 5.76 Å². The van der Waals surface area contributed by atoms with Crippen LogP contribution in [0.5, 0.6) is 5.75 Å². The van der Waals surface area contributed by atoms with Crippen molar-refractivity contribution in [1.29, 1.82) is 0 Å². The molecular weight excluding hydrogens is 216 g/mol. The second-order valence-corrected chi connectivity index (χ2v) is 4.21. The van der Waals surface area contributed by atoms with Gasteiger partial charge in [0.05, 0.1) is 11.9 Å². The highest BCUT2D eigenvalue weighted by Gasteiger charge is 2.13. The number of rotatable bonds is 5. The molecule has 1 aromatic carbocycles. The molecule has 0 radical (unpaired) electrons. The molecule has 0 aliphatic carbocycles. The zero-order valence-electron chi connectivity index (χ0n) is 10.3. The van der Waals surface area contributed by atoms with Crippen LogP contribution in [0.2, 0.25) is 0 Å². The summed E-state index contributed by atoms with van der Waals surface area (Å²) in [5, 5.41) is 0.992. The number of hydrogen-bond acceptors (Lipinski definition) is 4. The molecule has 17 heavy (non-hydrogen) atoms. The highest BCUT2D eigenvalue weighted by molar-refractivity contribution is 5.85. The third-order valence-electron chi connectivity index (χ3n) is 2.59. The molecule has 0 fully saturated rings. The summed E-state index contributed by atoms with van der Waals surface area (Å²) in [6, 6.07) is 7.82. The van der Waals surface area contributed by atoms with Gasteiger partial charge in [-0.05, 0) is 26.2 Å². The predicted molar refractivity (Wildman–Crippen MR) is 68.2 cm³/mol. The van der Waals surface area contributed by atoms with Crippen molar-refractivity contribution in [2.75, 3.05) is 27.2 Å². The molecule has 1 aromatic heterocycles. The summed E-state index contributed by atoms with van der Waals surface area (Å²) in [5.41, 5.74) is 6.49. The Bertz CT molecular complexity index is 491. The standard InChI is InChI=1S/C13H18N2O2/c1-15(2)7-8-16-13-10-5-3-4-6-11(10)17-12(13)9-14/h3-6H,7-9,14H2,1-2H3. The smallest absolute Gasteiger partial charge is 0.169 e. The molecule has 0 saturated heterocycles. The van der Waals surface area contributed by atoms with Crippen molar-refractivity contribution < 1.29 is 9.15 Å². The van der Waals surface area contributed by atoms with Crippen LogP contribution in [0, 0.1) is 0 Å². The van der Waals surface area contributed by atoms with Crippen molar-refractivity contribution in [3.8, 4) is 5.75 Å². The summed E-state index contributed by atoms with van der Waals surface area (Å²) in [4.78, 5) is 2.07. The first kappa shape index (κ1) is 12.0. The van der Waals surface area contributed by atoms with Gasteiger partial charge in [0.2, 0.25) is 0 Å². The molecule has 0 atom stereocenters. The van der Waals surface area contributed by atoms with Gasteiger partial charge < -0.3 is 19.8 Å². The third-order valence-corrected chi connectivity index (χ3v) is 2.59. The first-order chi connectivity index (χ1) is 8.22. The fourth-order valence-electron chi connectivity index (χ4n) is 1.70. The van der Waals surface area contributed by atoms with E-state index in [2.05, 4.69) is 4.90 Å².